The highest BCUT2D eigenvalue weighted by Crippen LogP contribution is 2.63. The maximum absolute atomic E-state index is 15.3. The summed E-state index contributed by atoms with van der Waals surface area (Å²) in [6, 6.07) is 14.1. The molecule has 15 nitrogen and oxygen atoms in total. The molecule has 3 aliphatic heterocycles. The lowest BCUT2D eigenvalue weighted by atomic mass is 9.41. The van der Waals surface area contributed by atoms with Crippen molar-refractivity contribution in [1.29, 1.82) is 0 Å². The van der Waals surface area contributed by atoms with E-state index >= 15 is 9.59 Å². The van der Waals surface area contributed by atoms with Crippen LogP contribution in [0.4, 0.5) is 0 Å². The summed E-state index contributed by atoms with van der Waals surface area (Å²) >= 11 is 0. The molecule has 0 spiro atoms. The number of phenols is 8. The number of carbonyl (C=O) groups is 5. The molecule has 59 heavy (non-hydrogen) atoms. The summed E-state index contributed by atoms with van der Waals surface area (Å²) in [7, 11) is 0. The highest BCUT2D eigenvalue weighted by Gasteiger charge is 2.82. The fourth-order valence-electron chi connectivity index (χ4n) is 8.10. The normalized spacial score (nSPS) is 21.1. The largest absolute Gasteiger partial charge is 0.504 e. The van der Waals surface area contributed by atoms with E-state index in [1.54, 1.807) is 0 Å². The first kappa shape index (κ1) is 41.0. The predicted octanol–water partition coefficient (Wildman–Crippen LogP) is 4.67. The molecule has 0 aliphatic carbocycles. The fourth-order valence-corrected chi connectivity index (χ4v) is 8.10. The highest BCUT2D eigenvalue weighted by atomic mass is 16.4. The Bertz CT molecular complexity index is 2450. The molecule has 0 radical (unpaired) electrons. The van der Waals surface area contributed by atoms with Crippen LogP contribution >= 0.6 is 0 Å². The van der Waals surface area contributed by atoms with Gasteiger partial charge in [0.25, 0.3) is 0 Å². The number of carboxylic acid groups (broad SMARTS) is 1. The molecule has 3 fully saturated rings. The van der Waals surface area contributed by atoms with E-state index in [9.17, 15) is 60.3 Å². The number of phenolic OH excluding ortho intramolecular Hbond substituents is 8. The number of hydrogen-bond acceptors (Lipinski definition) is 14. The van der Waals surface area contributed by atoms with Crippen LogP contribution in [-0.4, -0.2) is 98.6 Å². The van der Waals surface area contributed by atoms with Crippen LogP contribution < -0.4 is 0 Å². The predicted molar refractivity (Wildman–Crippen MR) is 211 cm³/mol. The molecule has 3 saturated heterocycles. The summed E-state index contributed by atoms with van der Waals surface area (Å²) in [5.74, 6) is -11.0. The number of ketones is 4. The van der Waals surface area contributed by atoms with Gasteiger partial charge in [-0.15, -0.1) is 0 Å². The number of allylic oxidation sites excluding steroid dienone is 3. The van der Waals surface area contributed by atoms with Gasteiger partial charge < -0.3 is 46.0 Å². The second kappa shape index (κ2) is 15.7. The Morgan fingerprint density at radius 3 is 1.05 bits per heavy atom. The number of benzene rings is 4. The number of fused-ring (bicyclic) bond motifs is 3. The molecule has 1 atom stereocenters. The maximum Gasteiger partial charge on any atom is 0.333 e. The summed E-state index contributed by atoms with van der Waals surface area (Å²) in [4.78, 5) is 75.9. The first-order valence-electron chi connectivity index (χ1n) is 17.9. The standard InChI is InChI=1S/C44H37NO14/c46-29-9-1-25(21-33(29)50)5-13-37(54)42-17-19-45(20-18-42)44(41(58)59,40(57)16-8-28-4-12-32(49)36(53)24-28)43(42,38(55)14-6-26-2-10-30(47)34(51)22-26)39(56)15-7-27-3-11-31(48)35(52)23-27/h1-16,21-24,46-53H,17-20H2,(H,58,59)/b13-5+,14-6+,15-7+,16-8+. The number of rotatable bonds is 13. The Kier molecular flexibility index (Phi) is 10.9. The lowest BCUT2D eigenvalue weighted by Crippen LogP contribution is -2.84. The van der Waals surface area contributed by atoms with E-state index in [-0.39, 0.29) is 48.2 Å². The van der Waals surface area contributed by atoms with Crippen LogP contribution in [0.25, 0.3) is 24.3 Å². The molecule has 0 amide bonds. The molecule has 1 unspecified atom stereocenters. The van der Waals surface area contributed by atoms with Gasteiger partial charge in [-0.1, -0.05) is 48.6 Å². The molecule has 2 bridgehead atoms. The Morgan fingerprint density at radius 2 is 0.746 bits per heavy atom. The lowest BCUT2D eigenvalue weighted by molar-refractivity contribution is -0.211. The number of carbonyl (C=O) groups excluding carboxylic acids is 4. The van der Waals surface area contributed by atoms with Gasteiger partial charge in [0.2, 0.25) is 5.54 Å². The van der Waals surface area contributed by atoms with Crippen molar-refractivity contribution < 1.29 is 69.9 Å². The second-order valence-corrected chi connectivity index (χ2v) is 14.1. The Balaban J connectivity index is 1.65. The summed E-state index contributed by atoms with van der Waals surface area (Å²) in [6.45, 7) is -0.530. The molecule has 9 N–H and O–H groups in total. The minimum atomic E-state index is -3.14. The number of aromatic hydroxyl groups is 8. The maximum atomic E-state index is 15.3. The molecule has 3 aliphatic rings. The summed E-state index contributed by atoms with van der Waals surface area (Å²) < 4.78 is 0. The molecule has 302 valence electrons. The van der Waals surface area contributed by atoms with Gasteiger partial charge in [0, 0.05) is 13.1 Å². The Morgan fingerprint density at radius 1 is 0.441 bits per heavy atom. The van der Waals surface area contributed by atoms with Crippen LogP contribution in [0.3, 0.4) is 0 Å². The quantitative estimate of drug-likeness (QED) is 0.0505. The minimum absolute atomic E-state index is 0.0966. The number of aliphatic carboxylic acids is 1. The Labute approximate surface area is 335 Å². The molecule has 0 aromatic heterocycles. The number of carboxylic acids is 1. The summed E-state index contributed by atoms with van der Waals surface area (Å²) in [5.41, 5.74) is -8.04. The number of hydrogen-bond donors (Lipinski definition) is 9. The van der Waals surface area contributed by atoms with Crippen molar-refractivity contribution in [2.45, 2.75) is 18.4 Å². The summed E-state index contributed by atoms with van der Waals surface area (Å²) in [6.07, 6.45) is 7.34. The van der Waals surface area contributed by atoms with Gasteiger partial charge in [0.15, 0.2) is 69.1 Å². The molecule has 3 heterocycles. The van der Waals surface area contributed by atoms with Crippen LogP contribution in [0.1, 0.15) is 35.1 Å². The SMILES string of the molecule is O=C(/C=C/c1ccc(O)c(O)c1)C12CCN(CC1)C(C(=O)O)(C(=O)/C=C/c1ccc(O)c(O)c1)C2(C(=O)/C=C/c1ccc(O)c(O)c1)C(=O)/C=C/c1ccc(O)c(O)c1. The van der Waals surface area contributed by atoms with Crippen LogP contribution in [-0.2, 0) is 24.0 Å². The van der Waals surface area contributed by atoms with E-state index in [0.29, 0.717) is 0 Å². The van der Waals surface area contributed by atoms with Crippen LogP contribution in [0.2, 0.25) is 0 Å². The van der Waals surface area contributed by atoms with Crippen molar-refractivity contribution in [1.82, 2.24) is 4.90 Å². The third-order valence-electron chi connectivity index (χ3n) is 10.9. The van der Waals surface area contributed by atoms with E-state index in [0.717, 1.165) is 96.0 Å². The average Bonchev–Trinajstić information content (AvgIpc) is 3.21. The van der Waals surface area contributed by atoms with Crippen LogP contribution in [0.5, 0.6) is 46.0 Å². The van der Waals surface area contributed by atoms with Crippen molar-refractivity contribution in [3.8, 4) is 46.0 Å². The van der Waals surface area contributed by atoms with Gasteiger partial charge >= 0.3 is 5.97 Å². The van der Waals surface area contributed by atoms with Crippen molar-refractivity contribution in [3.63, 3.8) is 0 Å². The summed E-state index contributed by atoms with van der Waals surface area (Å²) in [5, 5.41) is 91.3. The van der Waals surface area contributed by atoms with Crippen molar-refractivity contribution in [3.05, 3.63) is 119 Å². The fraction of sp³-hybridized carbons (Fsp3) is 0.159. The van der Waals surface area contributed by atoms with Gasteiger partial charge in [-0.25, -0.2) is 4.79 Å². The van der Waals surface area contributed by atoms with Crippen molar-refractivity contribution in [2.24, 2.45) is 10.8 Å². The molecule has 0 saturated carbocycles. The molecule has 4 aromatic carbocycles. The average molecular weight is 804 g/mol. The minimum Gasteiger partial charge on any atom is -0.504 e. The van der Waals surface area contributed by atoms with Gasteiger partial charge in [-0.3, -0.25) is 24.1 Å². The van der Waals surface area contributed by atoms with E-state index in [4.69, 9.17) is 0 Å². The third-order valence-corrected chi connectivity index (χ3v) is 10.9. The molecule has 7 rings (SSSR count). The molecule has 15 heteroatoms. The molecule has 4 aromatic rings. The zero-order chi connectivity index (χ0) is 42.9. The van der Waals surface area contributed by atoms with Crippen LogP contribution in [0, 0.1) is 10.8 Å². The third kappa shape index (κ3) is 6.93. The van der Waals surface area contributed by atoms with Crippen molar-refractivity contribution in [2.75, 3.05) is 13.1 Å². The van der Waals surface area contributed by atoms with E-state index in [1.807, 2.05) is 0 Å². The number of piperidine rings is 3. The Hall–Kier alpha value is -7.65. The molecular weight excluding hydrogens is 766 g/mol. The van der Waals surface area contributed by atoms with E-state index in [1.165, 1.54) is 30.3 Å². The molecular formula is C44H37NO14. The van der Waals surface area contributed by atoms with E-state index < -0.39 is 91.5 Å². The van der Waals surface area contributed by atoms with E-state index in [2.05, 4.69) is 0 Å². The van der Waals surface area contributed by atoms with Gasteiger partial charge in [-0.05, 0) is 108 Å². The van der Waals surface area contributed by atoms with Crippen LogP contribution in [0.15, 0.2) is 97.1 Å². The zero-order valence-corrected chi connectivity index (χ0v) is 30.9. The number of nitrogens with zero attached hydrogens (tertiary/aromatic N) is 1. The monoisotopic (exact) mass is 803 g/mol. The zero-order valence-electron chi connectivity index (χ0n) is 30.9. The van der Waals surface area contributed by atoms with Crippen molar-refractivity contribution >= 4 is 53.4 Å². The highest BCUT2D eigenvalue weighted by molar-refractivity contribution is 6.32. The van der Waals surface area contributed by atoms with Gasteiger partial charge in [-0.2, -0.15) is 0 Å². The van der Waals surface area contributed by atoms with Gasteiger partial charge in [0.1, 0.15) is 5.41 Å². The first-order valence-corrected chi connectivity index (χ1v) is 17.9. The lowest BCUT2D eigenvalue weighted by Gasteiger charge is -2.65. The van der Waals surface area contributed by atoms with Gasteiger partial charge in [0.05, 0.1) is 5.41 Å². The first-order chi connectivity index (χ1) is 28.0. The topological polar surface area (TPSA) is 271 Å². The second-order valence-electron chi connectivity index (χ2n) is 14.1. The smallest absolute Gasteiger partial charge is 0.333 e.